The van der Waals surface area contributed by atoms with E-state index in [9.17, 15) is 0 Å². The van der Waals surface area contributed by atoms with E-state index in [4.69, 9.17) is 9.84 Å². The van der Waals surface area contributed by atoms with Crippen molar-refractivity contribution in [1.29, 1.82) is 0 Å². The van der Waals surface area contributed by atoms with E-state index in [1.807, 2.05) is 0 Å². The molecule has 0 rings (SSSR count). The van der Waals surface area contributed by atoms with Gasteiger partial charge in [-0.1, -0.05) is 6.92 Å². The van der Waals surface area contributed by atoms with Crippen molar-refractivity contribution in [2.24, 2.45) is 0 Å². The molecule has 10 heavy (non-hydrogen) atoms. The minimum absolute atomic E-state index is 0.202. The molecule has 0 aromatic carbocycles. The van der Waals surface area contributed by atoms with Gasteiger partial charge in [0.2, 0.25) is 0 Å². The molecule has 0 aliphatic heterocycles. The molecule has 0 bridgehead atoms. The number of hydrogen-bond donors (Lipinski definition) is 2. The van der Waals surface area contributed by atoms with Crippen LogP contribution in [-0.2, 0) is 4.74 Å². The monoisotopic (exact) mass is 147 g/mol. The van der Waals surface area contributed by atoms with Crippen LogP contribution in [0.4, 0.5) is 0 Å². The molecule has 0 amide bonds. The lowest BCUT2D eigenvalue weighted by Gasteiger charge is -2.02. The van der Waals surface area contributed by atoms with E-state index in [0.717, 1.165) is 26.2 Å². The number of hydrogen-bond acceptors (Lipinski definition) is 3. The maximum Gasteiger partial charge on any atom is 0.0590 e. The van der Waals surface area contributed by atoms with Gasteiger partial charge in [0.15, 0.2) is 0 Å². The maximum atomic E-state index is 8.37. The van der Waals surface area contributed by atoms with Crippen LogP contribution in [-0.4, -0.2) is 38.0 Å². The highest BCUT2D eigenvalue weighted by molar-refractivity contribution is 4.42. The zero-order valence-corrected chi connectivity index (χ0v) is 6.60. The molecule has 2 N–H and O–H groups in total. The second-order valence-corrected chi connectivity index (χ2v) is 2.09. The highest BCUT2D eigenvalue weighted by atomic mass is 16.5. The summed E-state index contributed by atoms with van der Waals surface area (Å²) in [6.07, 6.45) is 1.07. The zero-order chi connectivity index (χ0) is 7.66. The van der Waals surface area contributed by atoms with Crippen molar-refractivity contribution in [3.63, 3.8) is 0 Å². The average molecular weight is 147 g/mol. The number of aliphatic hydroxyl groups excluding tert-OH is 1. The van der Waals surface area contributed by atoms with Gasteiger partial charge in [-0.2, -0.15) is 0 Å². The number of nitrogens with one attached hydrogen (secondary N) is 1. The minimum Gasteiger partial charge on any atom is -0.395 e. The van der Waals surface area contributed by atoms with Crippen LogP contribution >= 0.6 is 0 Å². The number of ether oxygens (including phenoxy) is 1. The Hall–Kier alpha value is -0.120. The van der Waals surface area contributed by atoms with Crippen molar-refractivity contribution in [1.82, 2.24) is 5.32 Å². The average Bonchev–Trinajstić information content (AvgIpc) is 1.97. The van der Waals surface area contributed by atoms with E-state index in [0.29, 0.717) is 6.54 Å². The molecule has 0 aromatic heterocycles. The Kier molecular flexibility index (Phi) is 8.77. The molecule has 3 heteroatoms. The van der Waals surface area contributed by atoms with E-state index in [1.54, 1.807) is 0 Å². The summed E-state index contributed by atoms with van der Waals surface area (Å²) in [5.74, 6) is 0. The standard InChI is InChI=1S/C7H17NO2/c1-2-6-10-7-4-8-3-5-9/h8-9H,2-7H2,1H3. The third-order valence-electron chi connectivity index (χ3n) is 1.06. The summed E-state index contributed by atoms with van der Waals surface area (Å²) in [5, 5.41) is 11.4. The van der Waals surface area contributed by atoms with Crippen molar-refractivity contribution in [3.8, 4) is 0 Å². The summed E-state index contributed by atoms with van der Waals surface area (Å²) in [7, 11) is 0. The summed E-state index contributed by atoms with van der Waals surface area (Å²) < 4.78 is 5.19. The van der Waals surface area contributed by atoms with Crippen LogP contribution in [0.5, 0.6) is 0 Å². The van der Waals surface area contributed by atoms with Gasteiger partial charge >= 0.3 is 0 Å². The van der Waals surface area contributed by atoms with Crippen LogP contribution < -0.4 is 5.32 Å². The van der Waals surface area contributed by atoms with E-state index in [-0.39, 0.29) is 6.61 Å². The Morgan fingerprint density at radius 1 is 1.30 bits per heavy atom. The Morgan fingerprint density at radius 2 is 2.10 bits per heavy atom. The van der Waals surface area contributed by atoms with Gasteiger partial charge in [-0.15, -0.1) is 0 Å². The Bertz CT molecular complexity index is 51.6. The second-order valence-electron chi connectivity index (χ2n) is 2.09. The summed E-state index contributed by atoms with van der Waals surface area (Å²) >= 11 is 0. The summed E-state index contributed by atoms with van der Waals surface area (Å²) in [5.41, 5.74) is 0. The molecule has 0 radical (unpaired) electrons. The van der Waals surface area contributed by atoms with Crippen LogP contribution in [0, 0.1) is 0 Å². The van der Waals surface area contributed by atoms with Crippen molar-refractivity contribution in [2.45, 2.75) is 13.3 Å². The molecular weight excluding hydrogens is 130 g/mol. The van der Waals surface area contributed by atoms with E-state index in [2.05, 4.69) is 12.2 Å². The van der Waals surface area contributed by atoms with Crippen LogP contribution in [0.1, 0.15) is 13.3 Å². The molecule has 0 fully saturated rings. The molecule has 62 valence electrons. The smallest absolute Gasteiger partial charge is 0.0590 e. The zero-order valence-electron chi connectivity index (χ0n) is 6.60. The quantitative estimate of drug-likeness (QED) is 0.498. The fourth-order valence-electron chi connectivity index (χ4n) is 0.595. The van der Waals surface area contributed by atoms with Crippen molar-refractivity contribution < 1.29 is 9.84 Å². The van der Waals surface area contributed by atoms with Gasteiger partial charge in [0.05, 0.1) is 13.2 Å². The predicted octanol–water partition coefficient (Wildman–Crippen LogP) is -0.00510. The van der Waals surface area contributed by atoms with Gasteiger partial charge in [0, 0.05) is 19.7 Å². The summed E-state index contributed by atoms with van der Waals surface area (Å²) in [4.78, 5) is 0. The van der Waals surface area contributed by atoms with Crippen LogP contribution in [0.2, 0.25) is 0 Å². The lowest BCUT2D eigenvalue weighted by atomic mass is 10.5. The fourth-order valence-corrected chi connectivity index (χ4v) is 0.595. The molecule has 0 atom stereocenters. The van der Waals surface area contributed by atoms with E-state index >= 15 is 0 Å². The molecule has 0 saturated heterocycles. The normalized spacial score (nSPS) is 10.2. The van der Waals surface area contributed by atoms with Crippen molar-refractivity contribution in [2.75, 3.05) is 32.9 Å². The highest BCUT2D eigenvalue weighted by Gasteiger charge is 1.85. The second kappa shape index (κ2) is 8.88. The van der Waals surface area contributed by atoms with Crippen molar-refractivity contribution in [3.05, 3.63) is 0 Å². The van der Waals surface area contributed by atoms with Gasteiger partial charge in [-0.05, 0) is 6.42 Å². The van der Waals surface area contributed by atoms with Gasteiger partial charge in [-0.3, -0.25) is 0 Å². The molecule has 0 aliphatic carbocycles. The Balaban J connectivity index is 2.65. The van der Waals surface area contributed by atoms with E-state index < -0.39 is 0 Å². The Labute approximate surface area is 62.4 Å². The predicted molar refractivity (Wildman–Crippen MR) is 41.1 cm³/mol. The lowest BCUT2D eigenvalue weighted by molar-refractivity contribution is 0.135. The third kappa shape index (κ3) is 7.88. The summed E-state index contributed by atoms with van der Waals surface area (Å²) in [6.45, 7) is 5.36. The fraction of sp³-hybridized carbons (Fsp3) is 1.00. The first-order valence-corrected chi connectivity index (χ1v) is 3.81. The molecule has 0 aromatic rings. The van der Waals surface area contributed by atoms with Gasteiger partial charge in [0.1, 0.15) is 0 Å². The van der Waals surface area contributed by atoms with Gasteiger partial charge < -0.3 is 15.2 Å². The largest absolute Gasteiger partial charge is 0.395 e. The highest BCUT2D eigenvalue weighted by Crippen LogP contribution is 1.77. The lowest BCUT2D eigenvalue weighted by Crippen LogP contribution is -2.22. The van der Waals surface area contributed by atoms with Crippen molar-refractivity contribution >= 4 is 0 Å². The molecule has 0 unspecified atom stereocenters. The summed E-state index contributed by atoms with van der Waals surface area (Å²) in [6, 6.07) is 0. The molecule has 0 saturated carbocycles. The number of aliphatic hydroxyl groups is 1. The van der Waals surface area contributed by atoms with Crippen LogP contribution in [0.3, 0.4) is 0 Å². The van der Waals surface area contributed by atoms with Gasteiger partial charge in [0.25, 0.3) is 0 Å². The first-order valence-electron chi connectivity index (χ1n) is 3.81. The molecular formula is C7H17NO2. The van der Waals surface area contributed by atoms with Crippen LogP contribution in [0.25, 0.3) is 0 Å². The molecule has 0 spiro atoms. The first-order chi connectivity index (χ1) is 4.91. The number of rotatable bonds is 7. The van der Waals surface area contributed by atoms with Gasteiger partial charge in [-0.25, -0.2) is 0 Å². The SMILES string of the molecule is CCCOCCNCCO. The maximum absolute atomic E-state index is 8.37. The Morgan fingerprint density at radius 3 is 2.70 bits per heavy atom. The van der Waals surface area contributed by atoms with E-state index in [1.165, 1.54) is 0 Å². The minimum atomic E-state index is 0.202. The topological polar surface area (TPSA) is 41.5 Å². The molecule has 0 aliphatic rings. The third-order valence-corrected chi connectivity index (χ3v) is 1.06. The molecule has 0 heterocycles. The van der Waals surface area contributed by atoms with Crippen LogP contribution in [0.15, 0.2) is 0 Å². The molecule has 3 nitrogen and oxygen atoms in total. The first kappa shape index (κ1) is 9.88.